The van der Waals surface area contributed by atoms with Crippen molar-refractivity contribution in [3.8, 4) is 0 Å². The normalized spacial score (nSPS) is 10.8. The van der Waals surface area contributed by atoms with Crippen LogP contribution in [-0.2, 0) is 0 Å². The summed E-state index contributed by atoms with van der Waals surface area (Å²) in [7, 11) is 0. The first-order chi connectivity index (χ1) is 11.3. The molecule has 0 aromatic heterocycles. The van der Waals surface area contributed by atoms with Gasteiger partial charge in [-0.15, -0.1) is 0 Å². The van der Waals surface area contributed by atoms with Gasteiger partial charge in [-0.25, -0.2) is 0 Å². The Morgan fingerprint density at radius 3 is 1.57 bits per heavy atom. The monoisotopic (exact) mass is 314 g/mol. The fourth-order valence-electron chi connectivity index (χ4n) is 3.17. The smallest absolute Gasteiger partial charge is 0.0230 e. The van der Waals surface area contributed by atoms with Gasteiger partial charge in [-0.3, -0.25) is 0 Å². The second-order valence-corrected chi connectivity index (χ2v) is 6.96. The summed E-state index contributed by atoms with van der Waals surface area (Å²) in [5.41, 5.74) is 2.61. The number of unbranched alkanes of at least 4 members (excludes halogenated alkanes) is 12. The SMILES string of the molecule is C=C(CCCCCCCCCCCCCCC)c1ccccc1. The summed E-state index contributed by atoms with van der Waals surface area (Å²) in [6.07, 6.45) is 19.6. The summed E-state index contributed by atoms with van der Waals surface area (Å²) in [6, 6.07) is 10.6. The number of benzene rings is 1. The highest BCUT2D eigenvalue weighted by atomic mass is 14.0. The minimum atomic E-state index is 1.15. The lowest BCUT2D eigenvalue weighted by Crippen LogP contribution is -1.85. The van der Waals surface area contributed by atoms with Crippen LogP contribution >= 0.6 is 0 Å². The topological polar surface area (TPSA) is 0 Å². The molecule has 0 aliphatic carbocycles. The lowest BCUT2D eigenvalue weighted by Gasteiger charge is -2.06. The largest absolute Gasteiger partial charge is 0.0952 e. The first-order valence-electron chi connectivity index (χ1n) is 10.1. The third-order valence-electron chi connectivity index (χ3n) is 4.76. The van der Waals surface area contributed by atoms with Gasteiger partial charge in [0, 0.05) is 0 Å². The van der Waals surface area contributed by atoms with E-state index < -0.39 is 0 Å². The van der Waals surface area contributed by atoms with Gasteiger partial charge < -0.3 is 0 Å². The molecular formula is C23H38. The molecule has 0 saturated heterocycles. The first-order valence-corrected chi connectivity index (χ1v) is 10.1. The number of allylic oxidation sites excluding steroid dienone is 1. The number of hydrogen-bond acceptors (Lipinski definition) is 0. The van der Waals surface area contributed by atoms with E-state index in [4.69, 9.17) is 0 Å². The molecule has 0 saturated carbocycles. The zero-order valence-corrected chi connectivity index (χ0v) is 15.5. The van der Waals surface area contributed by atoms with Crippen molar-refractivity contribution in [2.24, 2.45) is 0 Å². The van der Waals surface area contributed by atoms with E-state index in [1.807, 2.05) is 0 Å². The second kappa shape index (κ2) is 14.5. The predicted molar refractivity (Wildman–Crippen MR) is 106 cm³/mol. The highest BCUT2D eigenvalue weighted by Gasteiger charge is 1.98. The zero-order valence-electron chi connectivity index (χ0n) is 15.5. The van der Waals surface area contributed by atoms with Gasteiger partial charge in [0.05, 0.1) is 0 Å². The minimum absolute atomic E-state index is 1.15. The molecule has 23 heavy (non-hydrogen) atoms. The van der Waals surface area contributed by atoms with E-state index in [2.05, 4.69) is 43.8 Å². The van der Waals surface area contributed by atoms with E-state index in [-0.39, 0.29) is 0 Å². The maximum absolute atomic E-state index is 4.22. The molecule has 0 heterocycles. The van der Waals surface area contributed by atoms with E-state index in [1.165, 1.54) is 94.6 Å². The van der Waals surface area contributed by atoms with Crippen molar-refractivity contribution in [2.75, 3.05) is 0 Å². The molecule has 130 valence electrons. The van der Waals surface area contributed by atoms with Crippen LogP contribution in [0, 0.1) is 0 Å². The van der Waals surface area contributed by atoms with E-state index in [9.17, 15) is 0 Å². The van der Waals surface area contributed by atoms with Crippen molar-refractivity contribution >= 4 is 5.57 Å². The third-order valence-corrected chi connectivity index (χ3v) is 4.76. The van der Waals surface area contributed by atoms with Crippen molar-refractivity contribution in [3.63, 3.8) is 0 Å². The first kappa shape index (κ1) is 20.0. The molecule has 0 nitrogen and oxygen atoms in total. The Morgan fingerprint density at radius 1 is 0.652 bits per heavy atom. The van der Waals surface area contributed by atoms with Crippen LogP contribution in [0.5, 0.6) is 0 Å². The van der Waals surface area contributed by atoms with Crippen LogP contribution < -0.4 is 0 Å². The number of hydrogen-bond donors (Lipinski definition) is 0. The van der Waals surface area contributed by atoms with Gasteiger partial charge in [-0.2, -0.15) is 0 Å². The van der Waals surface area contributed by atoms with Gasteiger partial charge in [0.15, 0.2) is 0 Å². The highest BCUT2D eigenvalue weighted by molar-refractivity contribution is 5.62. The Bertz CT molecular complexity index is 376. The standard InChI is InChI=1S/C23H38/c1-3-4-5-6-7-8-9-10-11-12-13-14-16-19-22(2)23-20-17-15-18-21-23/h15,17-18,20-21H,2-14,16,19H2,1H3. The highest BCUT2D eigenvalue weighted by Crippen LogP contribution is 2.19. The maximum atomic E-state index is 4.22. The summed E-state index contributed by atoms with van der Waals surface area (Å²) in [5, 5.41) is 0. The van der Waals surface area contributed by atoms with E-state index in [0.29, 0.717) is 0 Å². The molecule has 0 aliphatic heterocycles. The quantitative estimate of drug-likeness (QED) is 0.286. The Morgan fingerprint density at radius 2 is 1.09 bits per heavy atom. The molecule has 0 spiro atoms. The van der Waals surface area contributed by atoms with Gasteiger partial charge >= 0.3 is 0 Å². The predicted octanol–water partition coefficient (Wildman–Crippen LogP) is 8.18. The van der Waals surface area contributed by atoms with E-state index in [0.717, 1.165) is 6.42 Å². The van der Waals surface area contributed by atoms with Crippen LogP contribution in [0.3, 0.4) is 0 Å². The number of rotatable bonds is 15. The van der Waals surface area contributed by atoms with Gasteiger partial charge in [0.25, 0.3) is 0 Å². The lowest BCUT2D eigenvalue weighted by atomic mass is 10.00. The maximum Gasteiger partial charge on any atom is -0.0230 e. The van der Waals surface area contributed by atoms with Crippen LogP contribution in [-0.4, -0.2) is 0 Å². The Hall–Kier alpha value is -1.04. The van der Waals surface area contributed by atoms with Gasteiger partial charge in [0.2, 0.25) is 0 Å². The average Bonchev–Trinajstić information content (AvgIpc) is 2.59. The lowest BCUT2D eigenvalue weighted by molar-refractivity contribution is 0.540. The van der Waals surface area contributed by atoms with Crippen molar-refractivity contribution in [2.45, 2.75) is 96.8 Å². The van der Waals surface area contributed by atoms with Gasteiger partial charge in [0.1, 0.15) is 0 Å². The van der Waals surface area contributed by atoms with Crippen LogP contribution in [0.2, 0.25) is 0 Å². The van der Waals surface area contributed by atoms with Crippen LogP contribution in [0.4, 0.5) is 0 Å². The molecule has 0 heteroatoms. The third kappa shape index (κ3) is 11.2. The molecule has 0 aliphatic rings. The summed E-state index contributed by atoms with van der Waals surface area (Å²) >= 11 is 0. The fourth-order valence-corrected chi connectivity index (χ4v) is 3.17. The van der Waals surface area contributed by atoms with Crippen molar-refractivity contribution < 1.29 is 0 Å². The van der Waals surface area contributed by atoms with Crippen molar-refractivity contribution in [1.29, 1.82) is 0 Å². The summed E-state index contributed by atoms with van der Waals surface area (Å²) in [6.45, 7) is 6.51. The molecule has 0 fully saturated rings. The zero-order chi connectivity index (χ0) is 16.6. The van der Waals surface area contributed by atoms with Crippen LogP contribution in [0.15, 0.2) is 36.9 Å². The summed E-state index contributed by atoms with van der Waals surface area (Å²) < 4.78 is 0. The molecule has 1 aromatic rings. The van der Waals surface area contributed by atoms with E-state index >= 15 is 0 Å². The van der Waals surface area contributed by atoms with Crippen molar-refractivity contribution in [1.82, 2.24) is 0 Å². The molecular weight excluding hydrogens is 276 g/mol. The van der Waals surface area contributed by atoms with Gasteiger partial charge in [-0.1, -0.05) is 121 Å². The molecule has 0 amide bonds. The fraction of sp³-hybridized carbons (Fsp3) is 0.652. The van der Waals surface area contributed by atoms with Crippen LogP contribution in [0.1, 0.15) is 102 Å². The molecule has 1 rings (SSSR count). The molecule has 1 aromatic carbocycles. The molecule has 0 bridgehead atoms. The van der Waals surface area contributed by atoms with Crippen LogP contribution in [0.25, 0.3) is 5.57 Å². The van der Waals surface area contributed by atoms with Gasteiger partial charge in [-0.05, 0) is 24.0 Å². The molecule has 0 N–H and O–H groups in total. The second-order valence-electron chi connectivity index (χ2n) is 6.96. The van der Waals surface area contributed by atoms with E-state index in [1.54, 1.807) is 0 Å². The minimum Gasteiger partial charge on any atom is -0.0952 e. The Kier molecular flexibility index (Phi) is 12.7. The average molecular weight is 315 g/mol. The molecule has 0 unspecified atom stereocenters. The Labute approximate surface area is 145 Å². The molecule has 0 atom stereocenters. The van der Waals surface area contributed by atoms with Crippen molar-refractivity contribution in [3.05, 3.63) is 42.5 Å². The summed E-state index contributed by atoms with van der Waals surface area (Å²) in [5.74, 6) is 0. The Balaban J connectivity index is 1.82. The molecule has 0 radical (unpaired) electrons. The summed E-state index contributed by atoms with van der Waals surface area (Å²) in [4.78, 5) is 0.